The molecule has 3 nitrogen and oxygen atoms in total. The molecule has 1 rings (SSSR count). The molecular formula is C25H41NO2. The highest BCUT2D eigenvalue weighted by Gasteiger charge is 1.99. The Hall–Kier alpha value is -1.77. The molecule has 0 heterocycles. The first kappa shape index (κ1) is 24.3. The number of hydrogen-bond donors (Lipinski definition) is 1. The van der Waals surface area contributed by atoms with Gasteiger partial charge in [-0.2, -0.15) is 0 Å². The Morgan fingerprint density at radius 1 is 0.821 bits per heavy atom. The molecule has 0 radical (unpaired) electrons. The summed E-state index contributed by atoms with van der Waals surface area (Å²) in [6.07, 6.45) is 20.4. The first-order valence-electron chi connectivity index (χ1n) is 11.4. The fourth-order valence-electron chi connectivity index (χ4n) is 3.31. The SMILES string of the molecule is C=CC(=O)Nc1ccc(OCCCCCCCCCCCCCCCC)cc1. The summed E-state index contributed by atoms with van der Waals surface area (Å²) < 4.78 is 5.77. The van der Waals surface area contributed by atoms with Crippen LogP contribution in [-0.4, -0.2) is 12.5 Å². The monoisotopic (exact) mass is 387 g/mol. The Bertz CT molecular complexity index is 510. The summed E-state index contributed by atoms with van der Waals surface area (Å²) >= 11 is 0. The lowest BCUT2D eigenvalue weighted by Gasteiger charge is -2.08. The van der Waals surface area contributed by atoms with E-state index in [0.29, 0.717) is 0 Å². The summed E-state index contributed by atoms with van der Waals surface area (Å²) in [6, 6.07) is 7.48. The first-order valence-corrected chi connectivity index (χ1v) is 11.4. The van der Waals surface area contributed by atoms with Crippen molar-refractivity contribution < 1.29 is 9.53 Å². The van der Waals surface area contributed by atoms with E-state index in [1.165, 1.54) is 89.5 Å². The van der Waals surface area contributed by atoms with Gasteiger partial charge in [-0.1, -0.05) is 97.0 Å². The van der Waals surface area contributed by atoms with Gasteiger partial charge in [0.05, 0.1) is 6.61 Å². The average Bonchev–Trinajstić information content (AvgIpc) is 2.72. The summed E-state index contributed by atoms with van der Waals surface area (Å²) in [4.78, 5) is 11.2. The molecule has 1 amide bonds. The lowest BCUT2D eigenvalue weighted by molar-refractivity contribution is -0.111. The number of rotatable bonds is 18. The van der Waals surface area contributed by atoms with E-state index < -0.39 is 0 Å². The third-order valence-electron chi connectivity index (χ3n) is 5.07. The van der Waals surface area contributed by atoms with Crippen molar-refractivity contribution in [3.8, 4) is 5.75 Å². The molecule has 1 aromatic rings. The number of carbonyl (C=O) groups is 1. The van der Waals surface area contributed by atoms with Crippen molar-refractivity contribution in [2.75, 3.05) is 11.9 Å². The fourth-order valence-corrected chi connectivity index (χ4v) is 3.31. The van der Waals surface area contributed by atoms with Gasteiger partial charge in [0.15, 0.2) is 0 Å². The molecule has 1 aromatic carbocycles. The maximum absolute atomic E-state index is 11.2. The molecule has 1 N–H and O–H groups in total. The van der Waals surface area contributed by atoms with Gasteiger partial charge in [-0.25, -0.2) is 0 Å². The minimum atomic E-state index is -0.198. The summed E-state index contributed by atoms with van der Waals surface area (Å²) in [6.45, 7) is 6.48. The lowest BCUT2D eigenvalue weighted by Crippen LogP contribution is -2.07. The molecule has 28 heavy (non-hydrogen) atoms. The van der Waals surface area contributed by atoms with E-state index in [4.69, 9.17) is 4.74 Å². The molecule has 0 saturated carbocycles. The van der Waals surface area contributed by atoms with E-state index in [9.17, 15) is 4.79 Å². The van der Waals surface area contributed by atoms with Crippen LogP contribution in [0.1, 0.15) is 96.8 Å². The van der Waals surface area contributed by atoms with E-state index in [0.717, 1.165) is 24.5 Å². The third-order valence-corrected chi connectivity index (χ3v) is 5.07. The van der Waals surface area contributed by atoms with Crippen molar-refractivity contribution in [1.82, 2.24) is 0 Å². The van der Waals surface area contributed by atoms with Gasteiger partial charge in [0.2, 0.25) is 5.91 Å². The maximum Gasteiger partial charge on any atom is 0.247 e. The Morgan fingerprint density at radius 3 is 1.75 bits per heavy atom. The standard InChI is InChI=1S/C25H41NO2/c1-3-5-6-7-8-9-10-11-12-13-14-15-16-17-22-28-24-20-18-23(19-21-24)26-25(27)4-2/h4,18-21H,2-3,5-17,22H2,1H3,(H,26,27). The van der Waals surface area contributed by atoms with Crippen LogP contribution in [0, 0.1) is 0 Å². The van der Waals surface area contributed by atoms with Gasteiger partial charge >= 0.3 is 0 Å². The van der Waals surface area contributed by atoms with E-state index in [1.807, 2.05) is 24.3 Å². The van der Waals surface area contributed by atoms with E-state index in [1.54, 1.807) is 0 Å². The second kappa shape index (κ2) is 17.3. The molecule has 0 saturated heterocycles. The first-order chi connectivity index (χ1) is 13.8. The zero-order valence-electron chi connectivity index (χ0n) is 18.0. The molecule has 0 aliphatic carbocycles. The van der Waals surface area contributed by atoms with Crippen LogP contribution in [0.25, 0.3) is 0 Å². The van der Waals surface area contributed by atoms with Crippen LogP contribution in [0.15, 0.2) is 36.9 Å². The van der Waals surface area contributed by atoms with E-state index in [2.05, 4.69) is 18.8 Å². The molecular weight excluding hydrogens is 346 g/mol. The molecule has 0 atom stereocenters. The van der Waals surface area contributed by atoms with Gasteiger partial charge in [-0.3, -0.25) is 4.79 Å². The second-order valence-electron chi connectivity index (χ2n) is 7.66. The van der Waals surface area contributed by atoms with E-state index >= 15 is 0 Å². The predicted octanol–water partition coefficient (Wildman–Crippen LogP) is 7.67. The van der Waals surface area contributed by atoms with Gasteiger partial charge in [-0.05, 0) is 36.8 Å². The Labute approximate surface area is 173 Å². The highest BCUT2D eigenvalue weighted by atomic mass is 16.5. The van der Waals surface area contributed by atoms with Crippen molar-refractivity contribution in [3.05, 3.63) is 36.9 Å². The summed E-state index contributed by atoms with van der Waals surface area (Å²) in [5, 5.41) is 2.73. The number of unbranched alkanes of at least 4 members (excludes halogenated alkanes) is 13. The van der Waals surface area contributed by atoms with Crippen molar-refractivity contribution in [2.24, 2.45) is 0 Å². The van der Waals surface area contributed by atoms with Crippen LogP contribution in [0.2, 0.25) is 0 Å². The Morgan fingerprint density at radius 2 is 1.29 bits per heavy atom. The van der Waals surface area contributed by atoms with E-state index in [-0.39, 0.29) is 5.91 Å². The molecule has 0 fully saturated rings. The average molecular weight is 388 g/mol. The number of benzene rings is 1. The lowest BCUT2D eigenvalue weighted by atomic mass is 10.0. The maximum atomic E-state index is 11.2. The molecule has 0 aromatic heterocycles. The minimum Gasteiger partial charge on any atom is -0.494 e. The molecule has 0 unspecified atom stereocenters. The number of anilines is 1. The van der Waals surface area contributed by atoms with Crippen LogP contribution in [0.3, 0.4) is 0 Å². The number of ether oxygens (including phenoxy) is 1. The zero-order valence-corrected chi connectivity index (χ0v) is 18.0. The highest BCUT2D eigenvalue weighted by molar-refractivity contribution is 5.98. The molecule has 3 heteroatoms. The third kappa shape index (κ3) is 13.4. The molecule has 0 aliphatic rings. The van der Waals surface area contributed by atoms with Crippen molar-refractivity contribution in [2.45, 2.75) is 96.8 Å². The van der Waals surface area contributed by atoms with Crippen molar-refractivity contribution in [1.29, 1.82) is 0 Å². The summed E-state index contributed by atoms with van der Waals surface area (Å²) in [5.74, 6) is 0.655. The molecule has 0 spiro atoms. The van der Waals surface area contributed by atoms with Crippen LogP contribution < -0.4 is 10.1 Å². The highest BCUT2D eigenvalue weighted by Crippen LogP contribution is 2.17. The summed E-state index contributed by atoms with van der Waals surface area (Å²) in [5.41, 5.74) is 0.758. The normalized spacial score (nSPS) is 10.6. The Balaban J connectivity index is 1.87. The van der Waals surface area contributed by atoms with Gasteiger partial charge in [0.25, 0.3) is 0 Å². The smallest absolute Gasteiger partial charge is 0.247 e. The summed E-state index contributed by atoms with van der Waals surface area (Å²) in [7, 11) is 0. The predicted molar refractivity (Wildman–Crippen MR) is 121 cm³/mol. The fraction of sp³-hybridized carbons (Fsp3) is 0.640. The van der Waals surface area contributed by atoms with Crippen LogP contribution in [0.4, 0.5) is 5.69 Å². The van der Waals surface area contributed by atoms with Crippen molar-refractivity contribution in [3.63, 3.8) is 0 Å². The molecule has 0 aliphatic heterocycles. The van der Waals surface area contributed by atoms with Gasteiger partial charge in [-0.15, -0.1) is 0 Å². The van der Waals surface area contributed by atoms with Crippen LogP contribution in [-0.2, 0) is 4.79 Å². The zero-order chi connectivity index (χ0) is 20.3. The Kier molecular flexibility index (Phi) is 15.0. The molecule has 158 valence electrons. The second-order valence-corrected chi connectivity index (χ2v) is 7.66. The topological polar surface area (TPSA) is 38.3 Å². The van der Waals surface area contributed by atoms with Gasteiger partial charge in [0, 0.05) is 5.69 Å². The van der Waals surface area contributed by atoms with Gasteiger partial charge < -0.3 is 10.1 Å². The number of hydrogen-bond acceptors (Lipinski definition) is 2. The molecule has 0 bridgehead atoms. The van der Waals surface area contributed by atoms with Crippen LogP contribution in [0.5, 0.6) is 5.75 Å². The van der Waals surface area contributed by atoms with Crippen molar-refractivity contribution >= 4 is 11.6 Å². The minimum absolute atomic E-state index is 0.198. The number of nitrogens with one attached hydrogen (secondary N) is 1. The largest absolute Gasteiger partial charge is 0.494 e. The number of amides is 1. The number of carbonyl (C=O) groups excluding carboxylic acids is 1. The van der Waals surface area contributed by atoms with Crippen LogP contribution >= 0.6 is 0 Å². The van der Waals surface area contributed by atoms with Gasteiger partial charge in [0.1, 0.15) is 5.75 Å². The quantitative estimate of drug-likeness (QED) is 0.207.